The van der Waals surface area contributed by atoms with E-state index in [4.69, 9.17) is 11.6 Å². The maximum atomic E-state index is 13.4. The van der Waals surface area contributed by atoms with E-state index in [1.807, 2.05) is 90.5 Å². The first kappa shape index (κ1) is 20.6. The fourth-order valence-corrected chi connectivity index (χ4v) is 4.89. The summed E-state index contributed by atoms with van der Waals surface area (Å²) in [6, 6.07) is 24.8. The summed E-state index contributed by atoms with van der Waals surface area (Å²) in [6.07, 6.45) is 0. The standard InChI is InChI=1S/C24H20ClN5OS/c1-15-6-5-9-19(14-15)26-23(31)21-20(16-10-12-18(25)13-11-16)29-30-22(27-28-24(30)32-21)17-7-3-2-4-8-17/h2-14,20-21,29H,1H3,(H,26,31)/t20-,21-/m0/s1. The van der Waals surface area contributed by atoms with Gasteiger partial charge in [0.1, 0.15) is 5.25 Å². The summed E-state index contributed by atoms with van der Waals surface area (Å²) in [5.74, 6) is 0.591. The number of aromatic nitrogens is 3. The average Bonchev–Trinajstić information content (AvgIpc) is 3.22. The molecule has 8 heteroatoms. The summed E-state index contributed by atoms with van der Waals surface area (Å²) in [6.45, 7) is 2.00. The quantitative estimate of drug-likeness (QED) is 0.431. The summed E-state index contributed by atoms with van der Waals surface area (Å²) in [4.78, 5) is 13.4. The molecule has 0 saturated carbocycles. The number of anilines is 1. The van der Waals surface area contributed by atoms with Gasteiger partial charge in [-0.2, -0.15) is 0 Å². The molecule has 0 spiro atoms. The van der Waals surface area contributed by atoms with Crippen LogP contribution in [0.5, 0.6) is 0 Å². The maximum absolute atomic E-state index is 13.4. The molecule has 0 bridgehead atoms. The van der Waals surface area contributed by atoms with Gasteiger partial charge in [0.05, 0.1) is 6.04 Å². The molecule has 1 aliphatic heterocycles. The lowest BCUT2D eigenvalue weighted by atomic mass is 10.0. The van der Waals surface area contributed by atoms with Gasteiger partial charge in [0, 0.05) is 16.3 Å². The number of carbonyl (C=O) groups is 1. The van der Waals surface area contributed by atoms with Crippen LogP contribution in [0.25, 0.3) is 11.4 Å². The van der Waals surface area contributed by atoms with Crippen molar-refractivity contribution in [3.8, 4) is 11.4 Å². The second-order valence-electron chi connectivity index (χ2n) is 7.56. The molecule has 0 aliphatic carbocycles. The number of aryl methyl sites for hydroxylation is 1. The molecule has 2 N–H and O–H groups in total. The van der Waals surface area contributed by atoms with Crippen molar-refractivity contribution in [2.45, 2.75) is 23.4 Å². The second-order valence-corrected chi connectivity index (χ2v) is 9.11. The van der Waals surface area contributed by atoms with Crippen LogP contribution >= 0.6 is 23.4 Å². The second kappa shape index (κ2) is 8.68. The molecule has 0 radical (unpaired) electrons. The van der Waals surface area contributed by atoms with Gasteiger partial charge in [-0.05, 0) is 42.3 Å². The highest BCUT2D eigenvalue weighted by Gasteiger charge is 2.38. The van der Waals surface area contributed by atoms with Gasteiger partial charge < -0.3 is 10.7 Å². The van der Waals surface area contributed by atoms with Crippen molar-refractivity contribution < 1.29 is 4.79 Å². The molecular formula is C24H20ClN5OS. The monoisotopic (exact) mass is 461 g/mol. The number of carbonyl (C=O) groups excluding carboxylic acids is 1. The molecule has 1 aliphatic rings. The van der Waals surface area contributed by atoms with E-state index in [2.05, 4.69) is 20.9 Å². The van der Waals surface area contributed by atoms with Crippen molar-refractivity contribution in [1.82, 2.24) is 14.9 Å². The zero-order valence-corrected chi connectivity index (χ0v) is 18.8. The van der Waals surface area contributed by atoms with Crippen LogP contribution in [-0.2, 0) is 4.79 Å². The van der Waals surface area contributed by atoms with E-state index in [9.17, 15) is 4.79 Å². The molecule has 0 saturated heterocycles. The molecule has 0 unspecified atom stereocenters. The first-order chi connectivity index (χ1) is 15.6. The number of nitrogens with one attached hydrogen (secondary N) is 2. The predicted octanol–water partition coefficient (Wildman–Crippen LogP) is 5.30. The highest BCUT2D eigenvalue weighted by Crippen LogP contribution is 2.39. The summed E-state index contributed by atoms with van der Waals surface area (Å²) >= 11 is 7.50. The van der Waals surface area contributed by atoms with Crippen LogP contribution in [0.4, 0.5) is 5.69 Å². The Hall–Kier alpha value is -3.29. The van der Waals surface area contributed by atoms with Gasteiger partial charge in [0.25, 0.3) is 0 Å². The molecule has 2 heterocycles. The number of amides is 1. The van der Waals surface area contributed by atoms with Gasteiger partial charge >= 0.3 is 0 Å². The van der Waals surface area contributed by atoms with Crippen molar-refractivity contribution in [2.24, 2.45) is 0 Å². The molecule has 1 amide bonds. The third kappa shape index (κ3) is 4.09. The predicted molar refractivity (Wildman–Crippen MR) is 128 cm³/mol. The lowest BCUT2D eigenvalue weighted by Crippen LogP contribution is -2.41. The molecule has 2 atom stereocenters. The van der Waals surface area contributed by atoms with Crippen molar-refractivity contribution >= 4 is 35.0 Å². The highest BCUT2D eigenvalue weighted by molar-refractivity contribution is 8.00. The molecule has 32 heavy (non-hydrogen) atoms. The third-order valence-electron chi connectivity index (χ3n) is 5.24. The third-order valence-corrected chi connectivity index (χ3v) is 6.71. The van der Waals surface area contributed by atoms with E-state index in [1.54, 1.807) is 0 Å². The van der Waals surface area contributed by atoms with Crippen LogP contribution in [0.1, 0.15) is 17.2 Å². The van der Waals surface area contributed by atoms with E-state index in [0.717, 1.165) is 22.4 Å². The van der Waals surface area contributed by atoms with Gasteiger partial charge in [0.15, 0.2) is 5.82 Å². The summed E-state index contributed by atoms with van der Waals surface area (Å²) in [5, 5.41) is 12.6. The maximum Gasteiger partial charge on any atom is 0.240 e. The number of benzene rings is 3. The van der Waals surface area contributed by atoms with Crippen LogP contribution in [-0.4, -0.2) is 26.0 Å². The van der Waals surface area contributed by atoms with Crippen LogP contribution in [0.3, 0.4) is 0 Å². The van der Waals surface area contributed by atoms with Gasteiger partial charge in [-0.3, -0.25) is 4.79 Å². The minimum atomic E-state index is -0.461. The summed E-state index contributed by atoms with van der Waals surface area (Å²) in [7, 11) is 0. The van der Waals surface area contributed by atoms with Crippen LogP contribution in [0, 0.1) is 6.92 Å². The highest BCUT2D eigenvalue weighted by atomic mass is 35.5. The Morgan fingerprint density at radius 3 is 2.56 bits per heavy atom. The van der Waals surface area contributed by atoms with Crippen molar-refractivity contribution in [3.05, 3.63) is 95.0 Å². The van der Waals surface area contributed by atoms with Crippen LogP contribution in [0.15, 0.2) is 84.0 Å². The molecule has 3 aromatic carbocycles. The Morgan fingerprint density at radius 2 is 1.81 bits per heavy atom. The fourth-order valence-electron chi connectivity index (χ4n) is 3.69. The lowest BCUT2D eigenvalue weighted by molar-refractivity contribution is -0.116. The van der Waals surface area contributed by atoms with Crippen molar-refractivity contribution in [1.29, 1.82) is 0 Å². The Balaban J connectivity index is 1.51. The van der Waals surface area contributed by atoms with Gasteiger partial charge in [0.2, 0.25) is 11.1 Å². The van der Waals surface area contributed by atoms with Crippen molar-refractivity contribution in [3.63, 3.8) is 0 Å². The number of thioether (sulfide) groups is 1. The summed E-state index contributed by atoms with van der Waals surface area (Å²) in [5.41, 5.74) is 7.21. The molecule has 1 aromatic heterocycles. The van der Waals surface area contributed by atoms with Gasteiger partial charge in [-0.1, -0.05) is 78.0 Å². The molecule has 4 aromatic rings. The van der Waals surface area contributed by atoms with Crippen LogP contribution < -0.4 is 10.7 Å². The zero-order valence-electron chi connectivity index (χ0n) is 17.2. The smallest absolute Gasteiger partial charge is 0.240 e. The minimum Gasteiger partial charge on any atom is -0.325 e. The minimum absolute atomic E-state index is 0.108. The molecule has 5 rings (SSSR count). The normalized spacial score (nSPS) is 17.3. The van der Waals surface area contributed by atoms with Gasteiger partial charge in [-0.15, -0.1) is 10.2 Å². The summed E-state index contributed by atoms with van der Waals surface area (Å²) < 4.78 is 1.86. The fraction of sp³-hybridized carbons (Fsp3) is 0.125. The first-order valence-electron chi connectivity index (χ1n) is 10.2. The average molecular weight is 462 g/mol. The van der Waals surface area contributed by atoms with E-state index in [0.29, 0.717) is 16.0 Å². The van der Waals surface area contributed by atoms with E-state index < -0.39 is 5.25 Å². The largest absolute Gasteiger partial charge is 0.325 e. The molecule has 160 valence electrons. The number of rotatable bonds is 4. The number of hydrogen-bond acceptors (Lipinski definition) is 5. The Bertz CT molecular complexity index is 1260. The Labute approximate surface area is 195 Å². The van der Waals surface area contributed by atoms with Crippen molar-refractivity contribution in [2.75, 3.05) is 10.7 Å². The Morgan fingerprint density at radius 1 is 1.03 bits per heavy atom. The first-order valence-corrected chi connectivity index (χ1v) is 11.4. The van der Waals surface area contributed by atoms with Gasteiger partial charge in [-0.25, -0.2) is 4.68 Å². The number of hydrogen-bond donors (Lipinski definition) is 2. The number of fused-ring (bicyclic) bond motifs is 1. The van der Waals surface area contributed by atoms with E-state index in [1.165, 1.54) is 11.8 Å². The SMILES string of the molecule is Cc1cccc(NC(=O)[C@H]2Sc3nnc(-c4ccccc4)n3N[C@H]2c2ccc(Cl)cc2)c1. The van der Waals surface area contributed by atoms with E-state index >= 15 is 0 Å². The molecule has 6 nitrogen and oxygen atoms in total. The Kier molecular flexibility index (Phi) is 5.59. The van der Waals surface area contributed by atoms with E-state index in [-0.39, 0.29) is 11.9 Å². The van der Waals surface area contributed by atoms with Crippen LogP contribution in [0.2, 0.25) is 5.02 Å². The number of halogens is 1. The molecule has 0 fully saturated rings. The topological polar surface area (TPSA) is 71.8 Å². The number of nitrogens with zero attached hydrogens (tertiary/aromatic N) is 3. The molecular weight excluding hydrogens is 442 g/mol. The zero-order chi connectivity index (χ0) is 22.1. The lowest BCUT2D eigenvalue weighted by Gasteiger charge is -2.33.